The van der Waals surface area contributed by atoms with Gasteiger partial charge in [-0.1, -0.05) is 48.5 Å². The van der Waals surface area contributed by atoms with Crippen LogP contribution in [0, 0.1) is 0 Å². The summed E-state index contributed by atoms with van der Waals surface area (Å²) in [5.74, 6) is 0. The number of anilines is 1. The molecule has 1 fully saturated rings. The van der Waals surface area contributed by atoms with Crippen molar-refractivity contribution in [1.82, 2.24) is 5.32 Å². The van der Waals surface area contributed by atoms with E-state index < -0.39 is 0 Å². The molecule has 2 nitrogen and oxygen atoms in total. The van der Waals surface area contributed by atoms with Crippen LogP contribution in [-0.4, -0.2) is 25.7 Å². The summed E-state index contributed by atoms with van der Waals surface area (Å²) in [5.41, 5.74) is 2.75. The van der Waals surface area contributed by atoms with Gasteiger partial charge in [-0.05, 0) is 24.1 Å². The number of rotatable bonds is 3. The maximum Gasteiger partial charge on any atom is 0.0367 e. The van der Waals surface area contributed by atoms with Crippen LogP contribution in [0.1, 0.15) is 5.56 Å². The van der Waals surface area contributed by atoms with Crippen LogP contribution in [0.4, 0.5) is 5.69 Å². The first-order chi connectivity index (χ1) is 9.42. The molecule has 1 aliphatic heterocycles. The van der Waals surface area contributed by atoms with Crippen molar-refractivity contribution in [3.05, 3.63) is 66.2 Å². The summed E-state index contributed by atoms with van der Waals surface area (Å²) in [6.07, 6.45) is 1.10. The highest BCUT2D eigenvalue weighted by molar-refractivity contribution is 5.85. The minimum absolute atomic E-state index is 0. The predicted octanol–water partition coefficient (Wildman–Crippen LogP) is 3.13. The minimum Gasteiger partial charge on any atom is -0.369 e. The van der Waals surface area contributed by atoms with Crippen LogP contribution in [-0.2, 0) is 6.42 Å². The summed E-state index contributed by atoms with van der Waals surface area (Å²) in [5, 5.41) is 3.63. The first-order valence-electron chi connectivity index (χ1n) is 6.99. The van der Waals surface area contributed by atoms with Crippen LogP contribution >= 0.6 is 12.4 Å². The molecule has 0 amide bonds. The zero-order valence-corrected chi connectivity index (χ0v) is 12.4. The van der Waals surface area contributed by atoms with Crippen molar-refractivity contribution in [3.63, 3.8) is 0 Å². The molecule has 3 heteroatoms. The molecule has 1 N–H and O–H groups in total. The fourth-order valence-corrected chi connectivity index (χ4v) is 2.73. The normalized spacial score (nSPS) is 18.4. The third-order valence-electron chi connectivity index (χ3n) is 3.70. The minimum atomic E-state index is 0. The highest BCUT2D eigenvalue weighted by atomic mass is 35.5. The maximum atomic E-state index is 3.63. The number of hydrogen-bond acceptors (Lipinski definition) is 2. The molecule has 2 aromatic carbocycles. The molecule has 0 aromatic heterocycles. The summed E-state index contributed by atoms with van der Waals surface area (Å²) in [6, 6.07) is 22.0. The Morgan fingerprint density at radius 1 is 0.950 bits per heavy atom. The lowest BCUT2D eigenvalue weighted by atomic mass is 10.0. The molecule has 0 radical (unpaired) electrons. The third kappa shape index (κ3) is 3.75. The molecular weight excluding hydrogens is 268 g/mol. The molecule has 1 atom stereocenters. The number of para-hydroxylation sites is 1. The van der Waals surface area contributed by atoms with Crippen molar-refractivity contribution in [3.8, 4) is 0 Å². The van der Waals surface area contributed by atoms with Gasteiger partial charge in [0.1, 0.15) is 0 Å². The average molecular weight is 289 g/mol. The summed E-state index contributed by atoms with van der Waals surface area (Å²) < 4.78 is 0. The number of nitrogens with one attached hydrogen (secondary N) is 1. The van der Waals surface area contributed by atoms with E-state index in [2.05, 4.69) is 70.9 Å². The fourth-order valence-electron chi connectivity index (χ4n) is 2.73. The molecule has 20 heavy (non-hydrogen) atoms. The lowest BCUT2D eigenvalue weighted by Gasteiger charge is -2.35. The second kappa shape index (κ2) is 7.32. The van der Waals surface area contributed by atoms with Gasteiger partial charge in [-0.2, -0.15) is 0 Å². The number of nitrogens with zero attached hydrogens (tertiary/aromatic N) is 1. The van der Waals surface area contributed by atoms with Crippen LogP contribution in [0.2, 0.25) is 0 Å². The molecule has 1 saturated heterocycles. The summed E-state index contributed by atoms with van der Waals surface area (Å²) >= 11 is 0. The molecule has 106 valence electrons. The molecule has 1 aliphatic rings. The smallest absolute Gasteiger partial charge is 0.0367 e. The molecule has 1 heterocycles. The summed E-state index contributed by atoms with van der Waals surface area (Å²) in [7, 11) is 0. The Kier molecular flexibility index (Phi) is 5.45. The number of piperazine rings is 1. The molecular formula is C17H21ClN2. The summed E-state index contributed by atoms with van der Waals surface area (Å²) in [4.78, 5) is 2.48. The van der Waals surface area contributed by atoms with E-state index in [1.165, 1.54) is 11.3 Å². The number of halogens is 1. The monoisotopic (exact) mass is 288 g/mol. The topological polar surface area (TPSA) is 15.3 Å². The van der Waals surface area contributed by atoms with E-state index in [1.54, 1.807) is 0 Å². The molecule has 0 spiro atoms. The van der Waals surface area contributed by atoms with E-state index in [9.17, 15) is 0 Å². The first-order valence-corrected chi connectivity index (χ1v) is 6.99. The van der Waals surface area contributed by atoms with Gasteiger partial charge in [0.15, 0.2) is 0 Å². The molecule has 0 aliphatic carbocycles. The second-order valence-electron chi connectivity index (χ2n) is 5.12. The Balaban J connectivity index is 0.00000147. The van der Waals surface area contributed by atoms with E-state index in [-0.39, 0.29) is 12.4 Å². The average Bonchev–Trinajstić information content (AvgIpc) is 2.49. The maximum absolute atomic E-state index is 3.63. The molecule has 2 aromatic rings. The molecule has 0 bridgehead atoms. The fraction of sp³-hybridized carbons (Fsp3) is 0.294. The standard InChI is InChI=1S/C17H20N2.ClH/c1-3-7-15(8-4-1)13-16-14-19(12-11-18-16)17-9-5-2-6-10-17;/h1-10,16,18H,11-14H2;1H. The van der Waals surface area contributed by atoms with Crippen LogP contribution in [0.15, 0.2) is 60.7 Å². The van der Waals surface area contributed by atoms with E-state index >= 15 is 0 Å². The lowest BCUT2D eigenvalue weighted by molar-refractivity contribution is 0.455. The summed E-state index contributed by atoms with van der Waals surface area (Å²) in [6.45, 7) is 3.24. The third-order valence-corrected chi connectivity index (χ3v) is 3.70. The van der Waals surface area contributed by atoms with Gasteiger partial charge in [-0.15, -0.1) is 12.4 Å². The predicted molar refractivity (Wildman–Crippen MR) is 87.8 cm³/mol. The Bertz CT molecular complexity index is 501. The SMILES string of the molecule is Cl.c1ccc(CC2CN(c3ccccc3)CCN2)cc1. The van der Waals surface area contributed by atoms with E-state index in [1.807, 2.05) is 0 Å². The van der Waals surface area contributed by atoms with Crippen molar-refractivity contribution < 1.29 is 0 Å². The van der Waals surface area contributed by atoms with E-state index in [4.69, 9.17) is 0 Å². The van der Waals surface area contributed by atoms with Crippen molar-refractivity contribution in [1.29, 1.82) is 0 Å². The quantitative estimate of drug-likeness (QED) is 0.933. The van der Waals surface area contributed by atoms with Crippen molar-refractivity contribution in [2.24, 2.45) is 0 Å². The lowest BCUT2D eigenvalue weighted by Crippen LogP contribution is -2.51. The van der Waals surface area contributed by atoms with Gasteiger partial charge in [0, 0.05) is 31.4 Å². The Morgan fingerprint density at radius 2 is 1.60 bits per heavy atom. The Hall–Kier alpha value is -1.51. The Labute approximate surface area is 127 Å². The highest BCUT2D eigenvalue weighted by Gasteiger charge is 2.19. The van der Waals surface area contributed by atoms with Crippen LogP contribution < -0.4 is 10.2 Å². The zero-order valence-electron chi connectivity index (χ0n) is 11.5. The van der Waals surface area contributed by atoms with Gasteiger partial charge in [-0.3, -0.25) is 0 Å². The molecule has 3 rings (SSSR count). The van der Waals surface area contributed by atoms with Crippen LogP contribution in [0.5, 0.6) is 0 Å². The van der Waals surface area contributed by atoms with Gasteiger partial charge >= 0.3 is 0 Å². The van der Waals surface area contributed by atoms with Crippen molar-refractivity contribution >= 4 is 18.1 Å². The van der Waals surface area contributed by atoms with E-state index in [0.717, 1.165) is 26.1 Å². The second-order valence-corrected chi connectivity index (χ2v) is 5.12. The first kappa shape index (κ1) is 14.9. The molecule has 1 unspecified atom stereocenters. The van der Waals surface area contributed by atoms with Crippen LogP contribution in [0.25, 0.3) is 0 Å². The number of benzene rings is 2. The van der Waals surface area contributed by atoms with Gasteiger partial charge in [0.2, 0.25) is 0 Å². The van der Waals surface area contributed by atoms with Crippen molar-refractivity contribution in [2.75, 3.05) is 24.5 Å². The largest absolute Gasteiger partial charge is 0.369 e. The molecule has 0 saturated carbocycles. The van der Waals surface area contributed by atoms with Crippen LogP contribution in [0.3, 0.4) is 0 Å². The van der Waals surface area contributed by atoms with Gasteiger partial charge in [-0.25, -0.2) is 0 Å². The van der Waals surface area contributed by atoms with Crippen molar-refractivity contribution in [2.45, 2.75) is 12.5 Å². The van der Waals surface area contributed by atoms with Gasteiger partial charge in [0.05, 0.1) is 0 Å². The Morgan fingerprint density at radius 3 is 2.30 bits per heavy atom. The van der Waals surface area contributed by atoms with E-state index in [0.29, 0.717) is 6.04 Å². The number of hydrogen-bond donors (Lipinski definition) is 1. The zero-order chi connectivity index (χ0) is 12.9. The van der Waals surface area contributed by atoms with Gasteiger partial charge < -0.3 is 10.2 Å². The van der Waals surface area contributed by atoms with Gasteiger partial charge in [0.25, 0.3) is 0 Å². The highest BCUT2D eigenvalue weighted by Crippen LogP contribution is 2.16.